The highest BCUT2D eigenvalue weighted by atomic mass is 19.1. The van der Waals surface area contributed by atoms with E-state index in [2.05, 4.69) is 6.92 Å². The van der Waals surface area contributed by atoms with Crippen molar-refractivity contribution >= 4 is 6.08 Å². The highest BCUT2D eigenvalue weighted by Gasteiger charge is 1.87. The summed E-state index contributed by atoms with van der Waals surface area (Å²) in [5.74, 6) is -0.212. The number of hydrogen-bond acceptors (Lipinski definition) is 0. The highest BCUT2D eigenvalue weighted by Crippen LogP contribution is 2.04. The van der Waals surface area contributed by atoms with Crippen molar-refractivity contribution in [3.63, 3.8) is 0 Å². The normalized spacial score (nSPS) is 10.6. The van der Waals surface area contributed by atoms with Gasteiger partial charge >= 0.3 is 0 Å². The maximum Gasteiger partial charge on any atom is 0.123 e. The smallest absolute Gasteiger partial charge is 0.123 e. The number of hydrogen-bond donors (Lipinski definition) is 0. The first-order chi connectivity index (χ1) is 4.83. The van der Waals surface area contributed by atoms with E-state index in [1.54, 1.807) is 18.2 Å². The van der Waals surface area contributed by atoms with E-state index < -0.39 is 0 Å². The van der Waals surface area contributed by atoms with Crippen molar-refractivity contribution in [1.82, 2.24) is 0 Å². The Morgan fingerprint density at radius 3 is 2.80 bits per heavy atom. The molecular weight excluding hydrogens is 127 g/mol. The predicted molar refractivity (Wildman–Crippen MR) is 40.8 cm³/mol. The molecule has 0 aliphatic carbocycles. The van der Waals surface area contributed by atoms with Crippen LogP contribution in [-0.4, -0.2) is 0 Å². The lowest BCUT2D eigenvalue weighted by molar-refractivity contribution is 0.627. The predicted octanol–water partition coefficient (Wildman–Crippen LogP) is 2.67. The summed E-state index contributed by atoms with van der Waals surface area (Å²) in [6.07, 6.45) is 3.39. The highest BCUT2D eigenvalue weighted by molar-refractivity contribution is 5.49. The first kappa shape index (κ1) is 7.00. The standard InChI is InChI=1S/C9H8F/c1-2-4-8-5-3-6-9(10)7-8/h2-7H,1H2/b4-2+. The summed E-state index contributed by atoms with van der Waals surface area (Å²) in [5.41, 5.74) is 0.843. The van der Waals surface area contributed by atoms with Crippen LogP contribution in [-0.2, 0) is 0 Å². The third-order valence-electron chi connectivity index (χ3n) is 1.16. The van der Waals surface area contributed by atoms with E-state index in [0.717, 1.165) is 5.56 Å². The van der Waals surface area contributed by atoms with Crippen molar-refractivity contribution in [2.45, 2.75) is 0 Å². The van der Waals surface area contributed by atoms with Crippen LogP contribution in [0, 0.1) is 12.7 Å². The molecule has 0 fully saturated rings. The van der Waals surface area contributed by atoms with E-state index in [0.29, 0.717) is 0 Å². The molecule has 0 bridgehead atoms. The van der Waals surface area contributed by atoms with Crippen molar-refractivity contribution in [3.05, 3.63) is 48.6 Å². The molecule has 1 aromatic carbocycles. The van der Waals surface area contributed by atoms with Crippen LogP contribution < -0.4 is 0 Å². The molecule has 0 saturated carbocycles. The maximum atomic E-state index is 12.4. The largest absolute Gasteiger partial charge is 0.207 e. The summed E-state index contributed by atoms with van der Waals surface area (Å²) in [7, 11) is 0. The van der Waals surface area contributed by atoms with Crippen LogP contribution in [0.3, 0.4) is 0 Å². The van der Waals surface area contributed by atoms with Crippen LogP contribution in [0.5, 0.6) is 0 Å². The van der Waals surface area contributed by atoms with Gasteiger partial charge in [0, 0.05) is 0 Å². The van der Waals surface area contributed by atoms with E-state index >= 15 is 0 Å². The van der Waals surface area contributed by atoms with E-state index in [-0.39, 0.29) is 5.82 Å². The second kappa shape index (κ2) is 3.16. The second-order valence-corrected chi connectivity index (χ2v) is 1.96. The van der Waals surface area contributed by atoms with Gasteiger partial charge in [0.15, 0.2) is 0 Å². The molecule has 51 valence electrons. The molecule has 0 amide bonds. The van der Waals surface area contributed by atoms with Gasteiger partial charge in [0.05, 0.1) is 0 Å². The van der Waals surface area contributed by atoms with Crippen molar-refractivity contribution in [1.29, 1.82) is 0 Å². The van der Waals surface area contributed by atoms with Crippen LogP contribution >= 0.6 is 0 Å². The van der Waals surface area contributed by atoms with Crippen molar-refractivity contribution in [3.8, 4) is 0 Å². The number of rotatable bonds is 1. The van der Waals surface area contributed by atoms with Gasteiger partial charge in [-0.05, 0) is 24.6 Å². The molecule has 0 aliphatic rings. The monoisotopic (exact) mass is 135 g/mol. The fourth-order valence-corrected chi connectivity index (χ4v) is 0.746. The maximum absolute atomic E-state index is 12.4. The van der Waals surface area contributed by atoms with Crippen LogP contribution in [0.15, 0.2) is 30.3 Å². The van der Waals surface area contributed by atoms with Gasteiger partial charge in [0.1, 0.15) is 5.82 Å². The Labute approximate surface area is 60.0 Å². The lowest BCUT2D eigenvalue weighted by atomic mass is 10.2. The molecule has 0 spiro atoms. The van der Waals surface area contributed by atoms with Gasteiger partial charge in [0.2, 0.25) is 0 Å². The summed E-state index contributed by atoms with van der Waals surface area (Å²) in [6.45, 7) is 3.51. The van der Waals surface area contributed by atoms with E-state index in [9.17, 15) is 4.39 Å². The Morgan fingerprint density at radius 2 is 2.20 bits per heavy atom. The minimum atomic E-state index is -0.212. The molecule has 10 heavy (non-hydrogen) atoms. The zero-order valence-corrected chi connectivity index (χ0v) is 5.55. The number of halogens is 1. The third-order valence-corrected chi connectivity index (χ3v) is 1.16. The second-order valence-electron chi connectivity index (χ2n) is 1.96. The number of benzene rings is 1. The molecule has 0 nitrogen and oxygen atoms in total. The lowest BCUT2D eigenvalue weighted by Gasteiger charge is -1.90. The topological polar surface area (TPSA) is 0 Å². The average Bonchev–Trinajstić information content (AvgIpc) is 1.88. The van der Waals surface area contributed by atoms with Crippen LogP contribution in [0.2, 0.25) is 0 Å². The Kier molecular flexibility index (Phi) is 2.21. The molecular formula is C9H8F. The molecule has 1 rings (SSSR count). The quantitative estimate of drug-likeness (QED) is 0.555. The van der Waals surface area contributed by atoms with E-state index in [1.807, 2.05) is 6.07 Å². The molecule has 0 heterocycles. The third kappa shape index (κ3) is 1.69. The van der Waals surface area contributed by atoms with Crippen LogP contribution in [0.4, 0.5) is 4.39 Å². The zero-order valence-electron chi connectivity index (χ0n) is 5.55. The lowest BCUT2D eigenvalue weighted by Crippen LogP contribution is -1.73. The van der Waals surface area contributed by atoms with Crippen molar-refractivity contribution in [2.24, 2.45) is 0 Å². The summed E-state index contributed by atoms with van der Waals surface area (Å²) in [5, 5.41) is 0. The molecule has 0 saturated heterocycles. The fraction of sp³-hybridized carbons (Fsp3) is 0. The minimum absolute atomic E-state index is 0.212. The average molecular weight is 135 g/mol. The van der Waals surface area contributed by atoms with Crippen LogP contribution in [0.1, 0.15) is 5.56 Å². The van der Waals surface area contributed by atoms with Gasteiger partial charge in [-0.2, -0.15) is 0 Å². The Balaban J connectivity index is 2.95. The Hall–Kier alpha value is -1.11. The molecule has 0 aromatic heterocycles. The van der Waals surface area contributed by atoms with Gasteiger partial charge in [-0.25, -0.2) is 4.39 Å². The Morgan fingerprint density at radius 1 is 1.40 bits per heavy atom. The summed E-state index contributed by atoms with van der Waals surface area (Å²) >= 11 is 0. The van der Waals surface area contributed by atoms with Gasteiger partial charge in [0.25, 0.3) is 0 Å². The van der Waals surface area contributed by atoms with Crippen molar-refractivity contribution in [2.75, 3.05) is 0 Å². The van der Waals surface area contributed by atoms with E-state index in [4.69, 9.17) is 0 Å². The fourth-order valence-electron chi connectivity index (χ4n) is 0.746. The molecule has 0 N–H and O–H groups in total. The summed E-state index contributed by atoms with van der Waals surface area (Å²) in [6, 6.07) is 6.37. The SMILES string of the molecule is [CH2]/C=C/c1cccc(F)c1. The molecule has 1 heteroatoms. The first-order valence-corrected chi connectivity index (χ1v) is 3.04. The molecule has 0 atom stereocenters. The van der Waals surface area contributed by atoms with Crippen molar-refractivity contribution < 1.29 is 4.39 Å². The van der Waals surface area contributed by atoms with Gasteiger partial charge < -0.3 is 0 Å². The van der Waals surface area contributed by atoms with Gasteiger partial charge in [-0.1, -0.05) is 24.3 Å². The molecule has 0 aliphatic heterocycles. The summed E-state index contributed by atoms with van der Waals surface area (Å²) in [4.78, 5) is 0. The Bertz CT molecular complexity index is 238. The summed E-state index contributed by atoms with van der Waals surface area (Å²) < 4.78 is 12.4. The van der Waals surface area contributed by atoms with Crippen LogP contribution in [0.25, 0.3) is 6.08 Å². The molecule has 1 aromatic rings. The zero-order chi connectivity index (χ0) is 7.40. The number of allylic oxidation sites excluding steroid dienone is 1. The van der Waals surface area contributed by atoms with Gasteiger partial charge in [-0.3, -0.25) is 0 Å². The minimum Gasteiger partial charge on any atom is -0.207 e. The first-order valence-electron chi connectivity index (χ1n) is 3.04. The van der Waals surface area contributed by atoms with Gasteiger partial charge in [-0.15, -0.1) is 0 Å². The molecule has 0 unspecified atom stereocenters. The molecule has 1 radical (unpaired) electrons. The van der Waals surface area contributed by atoms with E-state index in [1.165, 1.54) is 12.1 Å².